The normalized spacial score (nSPS) is 31.1. The van der Waals surface area contributed by atoms with Crippen molar-refractivity contribution < 1.29 is 26.7 Å². The van der Waals surface area contributed by atoms with Gasteiger partial charge in [0, 0.05) is 0 Å². The quantitative estimate of drug-likeness (QED) is 0.571. The lowest BCUT2D eigenvalue weighted by molar-refractivity contribution is -0.346. The molecule has 0 unspecified atom stereocenters. The lowest BCUT2D eigenvalue weighted by Gasteiger charge is -2.38. The van der Waals surface area contributed by atoms with Crippen molar-refractivity contribution in [1.82, 2.24) is 0 Å². The summed E-state index contributed by atoms with van der Waals surface area (Å²) in [5.74, 6) is -0.401. The molecule has 1 nitrogen and oxygen atoms in total. The van der Waals surface area contributed by atoms with Crippen LogP contribution in [0.3, 0.4) is 0 Å². The average Bonchev–Trinajstić information content (AvgIpc) is 2.57. The first-order valence-corrected chi connectivity index (χ1v) is 9.01. The van der Waals surface area contributed by atoms with E-state index < -0.39 is 24.1 Å². The van der Waals surface area contributed by atoms with Crippen LogP contribution in [0.15, 0.2) is 18.2 Å². The first-order valence-electron chi connectivity index (χ1n) is 9.01. The Balaban J connectivity index is 1.47. The van der Waals surface area contributed by atoms with Gasteiger partial charge in [-0.05, 0) is 86.8 Å². The van der Waals surface area contributed by atoms with Gasteiger partial charge < -0.3 is 0 Å². The van der Waals surface area contributed by atoms with Crippen molar-refractivity contribution in [3.8, 4) is 0 Å². The van der Waals surface area contributed by atoms with Crippen LogP contribution in [0.1, 0.15) is 62.8 Å². The molecule has 25 heavy (non-hydrogen) atoms. The number of hydrogen-bond donors (Lipinski definition) is 0. The Morgan fingerprint density at radius 1 is 0.760 bits per heavy atom. The molecule has 2 aliphatic rings. The van der Waals surface area contributed by atoms with E-state index in [1.165, 1.54) is 12.1 Å². The molecule has 0 amide bonds. The second kappa shape index (κ2) is 7.60. The number of halogens is 5. The van der Waals surface area contributed by atoms with E-state index in [2.05, 4.69) is 4.74 Å². The number of alkyl halides is 3. The molecule has 0 aliphatic heterocycles. The van der Waals surface area contributed by atoms with Crippen LogP contribution in [0.25, 0.3) is 0 Å². The zero-order valence-corrected chi connectivity index (χ0v) is 14.0. The Labute approximate surface area is 144 Å². The molecule has 0 saturated heterocycles. The van der Waals surface area contributed by atoms with Gasteiger partial charge in [0.15, 0.2) is 11.6 Å². The molecule has 3 rings (SSSR count). The molecular weight excluding hydrogens is 339 g/mol. The number of hydrogen-bond acceptors (Lipinski definition) is 1. The minimum absolute atomic E-state index is 0.247. The van der Waals surface area contributed by atoms with Gasteiger partial charge in [0.2, 0.25) is 0 Å². The SMILES string of the molecule is Fc1ccc(C2CCC(C3CCC(OC(F)(F)F)CC3)CC2)cc1F. The maximum Gasteiger partial charge on any atom is 0.522 e. The molecule has 2 aliphatic carbocycles. The predicted octanol–water partition coefficient (Wildman–Crippen LogP) is 6.33. The molecule has 1 aromatic carbocycles. The summed E-state index contributed by atoms with van der Waals surface area (Å²) in [4.78, 5) is 0. The molecule has 2 fully saturated rings. The smallest absolute Gasteiger partial charge is 0.289 e. The molecule has 0 N–H and O–H groups in total. The van der Waals surface area contributed by atoms with E-state index >= 15 is 0 Å². The zero-order chi connectivity index (χ0) is 18.0. The fourth-order valence-corrected chi connectivity index (χ4v) is 4.56. The number of ether oxygens (including phenoxy) is 1. The molecule has 0 spiro atoms. The standard InChI is InChI=1S/C19H23F5O/c20-17-10-7-15(11-18(17)21)14-3-1-12(2-4-14)13-5-8-16(9-6-13)25-19(22,23)24/h7,10-14,16H,1-6,8-9H2. The molecule has 0 radical (unpaired) electrons. The highest BCUT2D eigenvalue weighted by Gasteiger charge is 2.37. The minimum atomic E-state index is -4.54. The predicted molar refractivity (Wildman–Crippen MR) is 83.9 cm³/mol. The van der Waals surface area contributed by atoms with Gasteiger partial charge in [-0.1, -0.05) is 6.07 Å². The highest BCUT2D eigenvalue weighted by Crippen LogP contribution is 2.44. The van der Waals surface area contributed by atoms with E-state index in [4.69, 9.17) is 0 Å². The first-order chi connectivity index (χ1) is 11.8. The summed E-state index contributed by atoms with van der Waals surface area (Å²) in [6.07, 6.45) is 1.10. The topological polar surface area (TPSA) is 9.23 Å². The summed E-state index contributed by atoms with van der Waals surface area (Å²) in [5, 5.41) is 0. The van der Waals surface area contributed by atoms with Gasteiger partial charge in [-0.15, -0.1) is 13.2 Å². The molecule has 0 atom stereocenters. The second-order valence-corrected chi connectivity index (χ2v) is 7.39. The van der Waals surface area contributed by atoms with Crippen molar-refractivity contribution in [3.05, 3.63) is 35.4 Å². The number of rotatable bonds is 3. The molecule has 1 aromatic rings. The Morgan fingerprint density at radius 3 is 1.84 bits per heavy atom. The van der Waals surface area contributed by atoms with E-state index in [1.807, 2.05) is 0 Å². The highest BCUT2D eigenvalue weighted by atomic mass is 19.4. The molecule has 0 aromatic heterocycles. The van der Waals surface area contributed by atoms with Crippen LogP contribution in [0.2, 0.25) is 0 Å². The molecule has 2 saturated carbocycles. The third-order valence-corrected chi connectivity index (χ3v) is 5.87. The summed E-state index contributed by atoms with van der Waals surface area (Å²) in [6, 6.07) is 4.13. The van der Waals surface area contributed by atoms with Gasteiger partial charge in [-0.2, -0.15) is 0 Å². The second-order valence-electron chi connectivity index (χ2n) is 7.39. The number of benzene rings is 1. The van der Waals surface area contributed by atoms with Crippen molar-refractivity contribution >= 4 is 0 Å². The monoisotopic (exact) mass is 362 g/mol. The van der Waals surface area contributed by atoms with Gasteiger partial charge in [-0.25, -0.2) is 8.78 Å². The zero-order valence-electron chi connectivity index (χ0n) is 14.0. The average molecular weight is 362 g/mol. The lowest BCUT2D eigenvalue weighted by atomic mass is 9.69. The lowest BCUT2D eigenvalue weighted by Crippen LogP contribution is -2.31. The maximum atomic E-state index is 13.4. The van der Waals surface area contributed by atoms with E-state index in [9.17, 15) is 22.0 Å². The van der Waals surface area contributed by atoms with Crippen LogP contribution >= 0.6 is 0 Å². The van der Waals surface area contributed by atoms with Gasteiger partial charge in [0.1, 0.15) is 0 Å². The Bertz CT molecular complexity index is 570. The van der Waals surface area contributed by atoms with Crippen molar-refractivity contribution in [1.29, 1.82) is 0 Å². The van der Waals surface area contributed by atoms with Crippen LogP contribution in [0.5, 0.6) is 0 Å². The Kier molecular flexibility index (Phi) is 5.66. The Morgan fingerprint density at radius 2 is 1.32 bits per heavy atom. The van der Waals surface area contributed by atoms with E-state index in [-0.39, 0.29) is 5.92 Å². The molecule has 6 heteroatoms. The van der Waals surface area contributed by atoms with Crippen LogP contribution in [-0.2, 0) is 4.74 Å². The van der Waals surface area contributed by atoms with Crippen LogP contribution < -0.4 is 0 Å². The largest absolute Gasteiger partial charge is 0.522 e. The van der Waals surface area contributed by atoms with Crippen molar-refractivity contribution in [2.24, 2.45) is 11.8 Å². The summed E-state index contributed by atoms with van der Waals surface area (Å²) < 4.78 is 67.4. The van der Waals surface area contributed by atoms with Crippen LogP contribution in [-0.4, -0.2) is 12.5 Å². The third kappa shape index (κ3) is 4.93. The Hall–Kier alpha value is -1.17. The summed E-state index contributed by atoms with van der Waals surface area (Å²) in [6.45, 7) is 0. The maximum absolute atomic E-state index is 13.4. The fraction of sp³-hybridized carbons (Fsp3) is 0.684. The van der Waals surface area contributed by atoms with Gasteiger partial charge >= 0.3 is 6.36 Å². The van der Waals surface area contributed by atoms with Crippen LogP contribution in [0, 0.1) is 23.5 Å². The summed E-state index contributed by atoms with van der Waals surface area (Å²) in [7, 11) is 0. The van der Waals surface area contributed by atoms with Crippen molar-refractivity contribution in [3.63, 3.8) is 0 Å². The molecular formula is C19H23F5O. The molecule has 0 heterocycles. The van der Waals surface area contributed by atoms with Gasteiger partial charge in [-0.3, -0.25) is 4.74 Å². The van der Waals surface area contributed by atoms with Gasteiger partial charge in [0.25, 0.3) is 0 Å². The van der Waals surface area contributed by atoms with Crippen LogP contribution in [0.4, 0.5) is 22.0 Å². The first kappa shape index (κ1) is 18.6. The molecule has 0 bridgehead atoms. The van der Waals surface area contributed by atoms with Gasteiger partial charge in [0.05, 0.1) is 6.10 Å². The fourth-order valence-electron chi connectivity index (χ4n) is 4.56. The summed E-state index contributed by atoms with van der Waals surface area (Å²) >= 11 is 0. The minimum Gasteiger partial charge on any atom is -0.289 e. The van der Waals surface area contributed by atoms with E-state index in [1.54, 1.807) is 6.07 Å². The van der Waals surface area contributed by atoms with Crippen molar-refractivity contribution in [2.45, 2.75) is 69.8 Å². The van der Waals surface area contributed by atoms with E-state index in [0.29, 0.717) is 24.7 Å². The highest BCUT2D eigenvalue weighted by molar-refractivity contribution is 5.22. The molecule has 140 valence electrons. The van der Waals surface area contributed by atoms with E-state index in [0.717, 1.165) is 44.1 Å². The third-order valence-electron chi connectivity index (χ3n) is 5.87. The van der Waals surface area contributed by atoms with Crippen molar-refractivity contribution in [2.75, 3.05) is 0 Å². The summed E-state index contributed by atoms with van der Waals surface area (Å²) in [5.41, 5.74) is 0.847.